The number of rotatable bonds is 5. The minimum atomic E-state index is -0.144. The summed E-state index contributed by atoms with van der Waals surface area (Å²) in [5, 5.41) is 3.48. The first kappa shape index (κ1) is 14.5. The van der Waals surface area contributed by atoms with Crippen molar-refractivity contribution in [3.63, 3.8) is 0 Å². The van der Waals surface area contributed by atoms with Gasteiger partial charge in [0.2, 0.25) is 0 Å². The second-order valence-electron chi connectivity index (χ2n) is 5.95. The van der Waals surface area contributed by atoms with Gasteiger partial charge in [-0.3, -0.25) is 0 Å². The van der Waals surface area contributed by atoms with Gasteiger partial charge in [0, 0.05) is 19.1 Å². The van der Waals surface area contributed by atoms with E-state index in [2.05, 4.69) is 24.1 Å². The number of halogens is 1. The number of nitrogens with one attached hydrogen (secondary N) is 1. The predicted molar refractivity (Wildman–Crippen MR) is 77.7 cm³/mol. The molecule has 0 saturated carbocycles. The highest BCUT2D eigenvalue weighted by atomic mass is 19.1. The van der Waals surface area contributed by atoms with Crippen molar-refractivity contribution in [1.82, 2.24) is 10.2 Å². The zero-order valence-electron chi connectivity index (χ0n) is 12.2. The van der Waals surface area contributed by atoms with Crippen molar-refractivity contribution in [2.45, 2.75) is 39.8 Å². The molecule has 106 valence electrons. The van der Waals surface area contributed by atoms with Crippen molar-refractivity contribution in [3.05, 3.63) is 35.1 Å². The van der Waals surface area contributed by atoms with Crippen LogP contribution in [-0.2, 0) is 6.54 Å². The van der Waals surface area contributed by atoms with Crippen molar-refractivity contribution in [1.29, 1.82) is 0 Å². The first-order valence-electron chi connectivity index (χ1n) is 7.26. The van der Waals surface area contributed by atoms with Gasteiger partial charge in [-0.1, -0.05) is 6.07 Å². The first-order valence-corrected chi connectivity index (χ1v) is 7.26. The molecule has 0 amide bonds. The molecule has 1 N–H and O–H groups in total. The van der Waals surface area contributed by atoms with E-state index >= 15 is 0 Å². The molecule has 2 rings (SSSR count). The lowest BCUT2D eigenvalue weighted by Crippen LogP contribution is -2.30. The molecule has 1 atom stereocenters. The summed E-state index contributed by atoms with van der Waals surface area (Å²) >= 11 is 0. The lowest BCUT2D eigenvalue weighted by atomic mass is 10.1. The quantitative estimate of drug-likeness (QED) is 0.879. The second kappa shape index (κ2) is 6.49. The van der Waals surface area contributed by atoms with Crippen molar-refractivity contribution < 1.29 is 4.39 Å². The molecule has 1 saturated heterocycles. The van der Waals surface area contributed by atoms with Gasteiger partial charge >= 0.3 is 0 Å². The van der Waals surface area contributed by atoms with E-state index in [1.165, 1.54) is 25.6 Å². The third-order valence-electron chi connectivity index (χ3n) is 4.11. The zero-order valence-corrected chi connectivity index (χ0v) is 12.2. The number of nitrogens with zero attached hydrogens (tertiary/aromatic N) is 1. The SMILES string of the molecule is Cc1ccc(F)cc1CNCC1CCN(C(C)C)C1. The van der Waals surface area contributed by atoms with Crippen LogP contribution in [0.2, 0.25) is 0 Å². The summed E-state index contributed by atoms with van der Waals surface area (Å²) in [5.74, 6) is 0.588. The third kappa shape index (κ3) is 4.02. The average Bonchev–Trinajstić information content (AvgIpc) is 2.82. The third-order valence-corrected chi connectivity index (χ3v) is 4.11. The Morgan fingerprint density at radius 1 is 1.42 bits per heavy atom. The summed E-state index contributed by atoms with van der Waals surface area (Å²) in [6.07, 6.45) is 1.27. The average molecular weight is 264 g/mol. The molecule has 0 spiro atoms. The minimum Gasteiger partial charge on any atom is -0.312 e. The van der Waals surface area contributed by atoms with Gasteiger partial charge in [-0.25, -0.2) is 4.39 Å². The van der Waals surface area contributed by atoms with Crippen LogP contribution < -0.4 is 5.32 Å². The fraction of sp³-hybridized carbons (Fsp3) is 0.625. The summed E-state index contributed by atoms with van der Waals surface area (Å²) in [7, 11) is 0. The van der Waals surface area contributed by atoms with Crippen LogP contribution in [0.3, 0.4) is 0 Å². The molecule has 0 bridgehead atoms. The van der Waals surface area contributed by atoms with Crippen molar-refractivity contribution in [2.75, 3.05) is 19.6 Å². The molecule has 0 aromatic heterocycles. The van der Waals surface area contributed by atoms with Crippen LogP contribution >= 0.6 is 0 Å². The molecule has 1 aliphatic heterocycles. The number of aryl methyl sites for hydroxylation is 1. The van der Waals surface area contributed by atoms with Crippen molar-refractivity contribution in [3.8, 4) is 0 Å². The summed E-state index contributed by atoms with van der Waals surface area (Å²) in [6.45, 7) is 10.7. The molecule has 1 heterocycles. The minimum absolute atomic E-state index is 0.144. The molecule has 0 aliphatic carbocycles. The Morgan fingerprint density at radius 2 is 2.21 bits per heavy atom. The van der Waals surface area contributed by atoms with Crippen LogP contribution in [0.5, 0.6) is 0 Å². The Hall–Kier alpha value is -0.930. The highest BCUT2D eigenvalue weighted by Gasteiger charge is 2.23. The highest BCUT2D eigenvalue weighted by Crippen LogP contribution is 2.18. The van der Waals surface area contributed by atoms with E-state index < -0.39 is 0 Å². The maximum atomic E-state index is 13.2. The van der Waals surface area contributed by atoms with Gasteiger partial charge in [0.15, 0.2) is 0 Å². The smallest absolute Gasteiger partial charge is 0.123 e. The first-order chi connectivity index (χ1) is 9.06. The van der Waals surface area contributed by atoms with E-state index in [0.29, 0.717) is 6.04 Å². The van der Waals surface area contributed by atoms with E-state index in [-0.39, 0.29) is 5.82 Å². The molecule has 2 nitrogen and oxygen atoms in total. The van der Waals surface area contributed by atoms with Gasteiger partial charge in [0.25, 0.3) is 0 Å². The van der Waals surface area contributed by atoms with Gasteiger partial charge in [-0.05, 0) is 69.5 Å². The molecule has 1 fully saturated rings. The van der Waals surface area contributed by atoms with Crippen LogP contribution in [0.1, 0.15) is 31.4 Å². The topological polar surface area (TPSA) is 15.3 Å². The molecular formula is C16H25FN2. The lowest BCUT2D eigenvalue weighted by molar-refractivity contribution is 0.264. The molecule has 1 aromatic rings. The summed E-state index contributed by atoms with van der Waals surface area (Å²) in [4.78, 5) is 2.53. The van der Waals surface area contributed by atoms with Gasteiger partial charge in [0.05, 0.1) is 0 Å². The highest BCUT2D eigenvalue weighted by molar-refractivity contribution is 5.26. The number of hydrogen-bond donors (Lipinski definition) is 1. The van der Waals surface area contributed by atoms with Gasteiger partial charge in [-0.2, -0.15) is 0 Å². The van der Waals surface area contributed by atoms with Crippen molar-refractivity contribution >= 4 is 0 Å². The van der Waals surface area contributed by atoms with E-state index in [1.54, 1.807) is 6.07 Å². The van der Waals surface area contributed by atoms with Crippen LogP contribution in [0.25, 0.3) is 0 Å². The Labute approximate surface area is 116 Å². The summed E-state index contributed by atoms with van der Waals surface area (Å²) in [6, 6.07) is 5.66. The van der Waals surface area contributed by atoms with Crippen LogP contribution in [-0.4, -0.2) is 30.6 Å². The number of likely N-dealkylation sites (tertiary alicyclic amines) is 1. The molecule has 3 heteroatoms. The molecule has 19 heavy (non-hydrogen) atoms. The van der Waals surface area contributed by atoms with Crippen LogP contribution in [0.15, 0.2) is 18.2 Å². The maximum Gasteiger partial charge on any atom is 0.123 e. The van der Waals surface area contributed by atoms with Gasteiger partial charge in [-0.15, -0.1) is 0 Å². The second-order valence-corrected chi connectivity index (χ2v) is 5.95. The van der Waals surface area contributed by atoms with E-state index in [0.717, 1.165) is 30.1 Å². The molecule has 0 radical (unpaired) electrons. The van der Waals surface area contributed by atoms with E-state index in [4.69, 9.17) is 0 Å². The summed E-state index contributed by atoms with van der Waals surface area (Å²) in [5.41, 5.74) is 2.22. The Kier molecular flexibility index (Phi) is 4.94. The summed E-state index contributed by atoms with van der Waals surface area (Å²) < 4.78 is 13.2. The molecule has 1 unspecified atom stereocenters. The Balaban J connectivity index is 1.77. The normalized spacial score (nSPS) is 20.4. The van der Waals surface area contributed by atoms with Crippen LogP contribution in [0, 0.1) is 18.7 Å². The monoisotopic (exact) mass is 264 g/mol. The van der Waals surface area contributed by atoms with Crippen LogP contribution in [0.4, 0.5) is 4.39 Å². The maximum absolute atomic E-state index is 13.2. The Morgan fingerprint density at radius 3 is 2.89 bits per heavy atom. The standard InChI is InChI=1S/C16H25FN2/c1-12(2)19-7-6-14(11-19)9-18-10-15-8-16(17)5-4-13(15)3/h4-5,8,12,14,18H,6-7,9-11H2,1-3H3. The number of hydrogen-bond acceptors (Lipinski definition) is 2. The van der Waals surface area contributed by atoms with Gasteiger partial charge in [0.1, 0.15) is 5.82 Å². The fourth-order valence-corrected chi connectivity index (χ4v) is 2.74. The predicted octanol–water partition coefficient (Wildman–Crippen LogP) is 2.95. The van der Waals surface area contributed by atoms with Gasteiger partial charge < -0.3 is 10.2 Å². The largest absolute Gasteiger partial charge is 0.312 e. The van der Waals surface area contributed by atoms with Crippen molar-refractivity contribution in [2.24, 2.45) is 5.92 Å². The fourth-order valence-electron chi connectivity index (χ4n) is 2.74. The molecule has 1 aromatic carbocycles. The zero-order chi connectivity index (χ0) is 13.8. The Bertz CT molecular complexity index is 417. The van der Waals surface area contributed by atoms with E-state index in [1.807, 2.05) is 13.0 Å². The molecule has 1 aliphatic rings. The lowest BCUT2D eigenvalue weighted by Gasteiger charge is -2.20. The van der Waals surface area contributed by atoms with E-state index in [9.17, 15) is 4.39 Å². The number of benzene rings is 1. The molecular weight excluding hydrogens is 239 g/mol.